The molecule has 6 heteroatoms. The highest BCUT2D eigenvalue weighted by Gasteiger charge is 2.17. The standard InChI is InChI=1S/C12H13N3O3/c1-7-5-4-6-8(2)9(7)13-11(16)10-12(17)18-14-15(10)3/h4-6H,1-3H3,(H-,13,14,16,17). The van der Waals surface area contributed by atoms with Gasteiger partial charge in [0.15, 0.2) is 7.05 Å². The lowest BCUT2D eigenvalue weighted by Crippen LogP contribution is -2.43. The number of rotatable bonds is 2. The summed E-state index contributed by atoms with van der Waals surface area (Å²) >= 11 is 0. The number of nitrogens with zero attached hydrogens (tertiary/aromatic N) is 2. The van der Waals surface area contributed by atoms with E-state index in [1.807, 2.05) is 32.0 Å². The minimum Gasteiger partial charge on any atom is -0.854 e. The van der Waals surface area contributed by atoms with Crippen molar-refractivity contribution in [3.63, 3.8) is 0 Å². The summed E-state index contributed by atoms with van der Waals surface area (Å²) in [7, 11) is 1.51. The molecule has 0 saturated heterocycles. The van der Waals surface area contributed by atoms with Gasteiger partial charge in [-0.2, -0.15) is 0 Å². The summed E-state index contributed by atoms with van der Waals surface area (Å²) in [6.45, 7) is 3.72. The molecule has 0 radical (unpaired) electrons. The molecule has 0 bridgehead atoms. The molecule has 0 fully saturated rings. The second-order valence-electron chi connectivity index (χ2n) is 4.05. The van der Waals surface area contributed by atoms with Crippen LogP contribution in [-0.4, -0.2) is 11.2 Å². The van der Waals surface area contributed by atoms with E-state index in [4.69, 9.17) is 0 Å². The van der Waals surface area contributed by atoms with Crippen LogP contribution in [0.5, 0.6) is 0 Å². The molecule has 0 spiro atoms. The van der Waals surface area contributed by atoms with Crippen molar-refractivity contribution in [3.8, 4) is 0 Å². The Hall–Kier alpha value is -2.37. The quantitative estimate of drug-likeness (QED) is 0.455. The summed E-state index contributed by atoms with van der Waals surface area (Å²) in [6, 6.07) is 5.61. The van der Waals surface area contributed by atoms with Gasteiger partial charge in [0.1, 0.15) is 0 Å². The van der Waals surface area contributed by atoms with Gasteiger partial charge in [0.2, 0.25) is 0 Å². The maximum Gasteiger partial charge on any atom is 0.435 e. The van der Waals surface area contributed by atoms with E-state index in [2.05, 4.69) is 14.8 Å². The largest absolute Gasteiger partial charge is 0.854 e. The van der Waals surface area contributed by atoms with Crippen molar-refractivity contribution in [3.05, 3.63) is 45.4 Å². The van der Waals surface area contributed by atoms with Crippen LogP contribution in [0.15, 0.2) is 32.5 Å². The number of para-hydroxylation sites is 1. The van der Waals surface area contributed by atoms with E-state index in [0.717, 1.165) is 11.1 Å². The summed E-state index contributed by atoms with van der Waals surface area (Å²) in [5, 5.41) is 14.2. The molecule has 0 aliphatic heterocycles. The van der Waals surface area contributed by atoms with Gasteiger partial charge in [-0.1, -0.05) is 22.9 Å². The van der Waals surface area contributed by atoms with Crippen LogP contribution in [0.25, 0.3) is 0 Å². The number of H-pyrrole nitrogens is 1. The Morgan fingerprint density at radius 1 is 1.39 bits per heavy atom. The maximum atomic E-state index is 12.0. The van der Waals surface area contributed by atoms with E-state index in [1.165, 1.54) is 11.7 Å². The first-order valence-electron chi connectivity index (χ1n) is 5.40. The van der Waals surface area contributed by atoms with E-state index in [0.29, 0.717) is 5.69 Å². The topological polar surface area (TPSA) is 85.3 Å². The molecular weight excluding hydrogens is 234 g/mol. The van der Waals surface area contributed by atoms with Gasteiger partial charge in [0.05, 0.1) is 11.6 Å². The molecule has 0 saturated carbocycles. The molecule has 1 heterocycles. The number of hydrogen-bond acceptors (Lipinski definition) is 4. The van der Waals surface area contributed by atoms with Gasteiger partial charge in [0, 0.05) is 0 Å². The molecule has 2 aromatic rings. The Balaban J connectivity index is 2.55. The maximum absolute atomic E-state index is 12.0. The Bertz CT molecular complexity index is 647. The van der Waals surface area contributed by atoms with Crippen molar-refractivity contribution in [2.45, 2.75) is 13.8 Å². The van der Waals surface area contributed by atoms with E-state index in [-0.39, 0.29) is 5.69 Å². The molecule has 0 aliphatic rings. The lowest BCUT2D eigenvalue weighted by molar-refractivity contribution is -0.742. The summed E-state index contributed by atoms with van der Waals surface area (Å²) in [5.74, 6) is -0.620. The van der Waals surface area contributed by atoms with Crippen LogP contribution in [0.2, 0.25) is 0 Å². The first-order valence-corrected chi connectivity index (χ1v) is 5.40. The molecule has 94 valence electrons. The van der Waals surface area contributed by atoms with Crippen LogP contribution >= 0.6 is 0 Å². The van der Waals surface area contributed by atoms with Gasteiger partial charge < -0.3 is 5.11 Å². The second kappa shape index (κ2) is 4.48. The molecule has 6 nitrogen and oxygen atoms in total. The first kappa shape index (κ1) is 12.1. The third kappa shape index (κ3) is 2.04. The number of aromatic amines is 1. The summed E-state index contributed by atoms with van der Waals surface area (Å²) in [5.41, 5.74) is 1.50. The first-order chi connectivity index (χ1) is 8.50. The molecule has 1 aromatic heterocycles. The molecule has 1 N–H and O–H groups in total. The zero-order chi connectivity index (χ0) is 13.3. The van der Waals surface area contributed by atoms with Crippen LogP contribution in [-0.2, 0) is 7.05 Å². The number of nitrogens with one attached hydrogen (secondary N) is 1. The predicted octanol–water partition coefficient (Wildman–Crippen LogP) is -0.152. The van der Waals surface area contributed by atoms with Crippen LogP contribution in [0.4, 0.5) is 5.69 Å². The van der Waals surface area contributed by atoms with Crippen molar-refractivity contribution in [1.82, 2.24) is 5.27 Å². The lowest BCUT2D eigenvalue weighted by atomic mass is 10.1. The fourth-order valence-corrected chi connectivity index (χ4v) is 1.71. The third-order valence-corrected chi connectivity index (χ3v) is 2.66. The Morgan fingerprint density at radius 2 is 2.00 bits per heavy atom. The predicted molar refractivity (Wildman–Crippen MR) is 62.6 cm³/mol. The normalized spacial score (nSPS) is 11.8. The molecule has 0 aliphatic carbocycles. The lowest BCUT2D eigenvalue weighted by Gasteiger charge is -2.08. The highest BCUT2D eigenvalue weighted by atomic mass is 16.5. The zero-order valence-corrected chi connectivity index (χ0v) is 10.4. The van der Waals surface area contributed by atoms with Crippen molar-refractivity contribution in [2.24, 2.45) is 12.0 Å². The second-order valence-corrected chi connectivity index (χ2v) is 4.05. The third-order valence-electron chi connectivity index (χ3n) is 2.66. The van der Waals surface area contributed by atoms with Gasteiger partial charge in [0.25, 0.3) is 0 Å². The summed E-state index contributed by atoms with van der Waals surface area (Å²) in [6.07, 6.45) is 0. The van der Waals surface area contributed by atoms with Crippen molar-refractivity contribution >= 4 is 11.6 Å². The number of aryl methyl sites for hydroxylation is 3. The van der Waals surface area contributed by atoms with Gasteiger partial charge in [-0.3, -0.25) is 9.52 Å². The average molecular weight is 247 g/mol. The number of benzene rings is 1. The van der Waals surface area contributed by atoms with E-state index < -0.39 is 11.5 Å². The SMILES string of the molecule is Cc1cccc(C)c1N=C([O-])c1c(=O)o[nH][n+]1C. The molecule has 0 unspecified atom stereocenters. The van der Waals surface area contributed by atoms with E-state index in [1.54, 1.807) is 0 Å². The number of hydrogen-bond donors (Lipinski definition) is 1. The molecular formula is C12H13N3O3. The fraction of sp³-hybridized carbons (Fsp3) is 0.250. The minimum atomic E-state index is -0.725. The minimum absolute atomic E-state index is 0.127. The average Bonchev–Trinajstić information content (AvgIpc) is 2.64. The smallest absolute Gasteiger partial charge is 0.435 e. The Labute approximate surface area is 103 Å². The van der Waals surface area contributed by atoms with Crippen LogP contribution in [0.3, 0.4) is 0 Å². The number of aliphatic imine (C=N–C) groups is 1. The fourth-order valence-electron chi connectivity index (χ4n) is 1.71. The molecule has 0 atom stereocenters. The monoisotopic (exact) mass is 247 g/mol. The van der Waals surface area contributed by atoms with Crippen molar-refractivity contribution in [1.29, 1.82) is 0 Å². The Morgan fingerprint density at radius 3 is 2.50 bits per heavy atom. The molecule has 0 amide bonds. The van der Waals surface area contributed by atoms with E-state index in [9.17, 15) is 9.90 Å². The summed E-state index contributed by atoms with van der Waals surface area (Å²) in [4.78, 5) is 15.3. The molecule has 18 heavy (non-hydrogen) atoms. The van der Waals surface area contributed by atoms with Crippen LogP contribution in [0, 0.1) is 13.8 Å². The summed E-state index contributed by atoms with van der Waals surface area (Å²) < 4.78 is 5.73. The van der Waals surface area contributed by atoms with Crippen molar-refractivity contribution < 1.29 is 14.3 Å². The van der Waals surface area contributed by atoms with Crippen LogP contribution < -0.4 is 15.4 Å². The van der Waals surface area contributed by atoms with Crippen molar-refractivity contribution in [2.75, 3.05) is 0 Å². The van der Waals surface area contributed by atoms with Gasteiger partial charge >= 0.3 is 11.3 Å². The zero-order valence-electron chi connectivity index (χ0n) is 10.4. The highest BCUT2D eigenvalue weighted by Crippen LogP contribution is 2.22. The molecule has 1 aromatic carbocycles. The van der Waals surface area contributed by atoms with Gasteiger partial charge in [-0.25, -0.2) is 4.79 Å². The van der Waals surface area contributed by atoms with Gasteiger partial charge in [-0.05, 0) is 30.2 Å². The molecule has 2 rings (SSSR count). The van der Waals surface area contributed by atoms with Crippen LogP contribution in [0.1, 0.15) is 16.8 Å². The number of aromatic nitrogens is 2. The van der Waals surface area contributed by atoms with Gasteiger partial charge in [-0.15, -0.1) is 0 Å². The highest BCUT2D eigenvalue weighted by molar-refractivity contribution is 5.89. The van der Waals surface area contributed by atoms with E-state index >= 15 is 0 Å². The Kier molecular flexibility index (Phi) is 3.01.